The fourth-order valence-electron chi connectivity index (χ4n) is 2.97. The van der Waals surface area contributed by atoms with Crippen LogP contribution in [0.3, 0.4) is 0 Å². The molecule has 0 fully saturated rings. The Kier molecular flexibility index (Phi) is 7.02. The largest absolute Gasteiger partial charge is 0.325 e. The molecule has 1 amide bonds. The van der Waals surface area contributed by atoms with E-state index in [0.717, 1.165) is 26.4 Å². The molecule has 1 N–H and O–H groups in total. The van der Waals surface area contributed by atoms with Crippen LogP contribution in [0.15, 0.2) is 76.5 Å². The molecule has 0 unspecified atom stereocenters. The molecule has 0 aliphatic rings. The monoisotopic (exact) mass is 458 g/mol. The van der Waals surface area contributed by atoms with Crippen molar-refractivity contribution in [2.24, 2.45) is 0 Å². The van der Waals surface area contributed by atoms with Crippen molar-refractivity contribution in [3.63, 3.8) is 0 Å². The molecule has 0 aromatic heterocycles. The number of carbonyl (C=O) groups excluding carboxylic acids is 1. The maximum Gasteiger partial charge on any atom is 0.264 e. The molecule has 5 nitrogen and oxygen atoms in total. The summed E-state index contributed by atoms with van der Waals surface area (Å²) < 4.78 is 41.5. The van der Waals surface area contributed by atoms with Gasteiger partial charge in [-0.05, 0) is 85.8 Å². The fraction of sp³-hybridized carbons (Fsp3) is 0.174. The number of halogens is 1. The molecule has 3 rings (SSSR count). The van der Waals surface area contributed by atoms with E-state index < -0.39 is 28.3 Å². The summed E-state index contributed by atoms with van der Waals surface area (Å²) in [7, 11) is -4.10. The first kappa shape index (κ1) is 22.8. The van der Waals surface area contributed by atoms with Gasteiger partial charge < -0.3 is 5.32 Å². The van der Waals surface area contributed by atoms with Gasteiger partial charge in [-0.1, -0.05) is 12.1 Å². The second-order valence-corrected chi connectivity index (χ2v) is 9.76. The van der Waals surface area contributed by atoms with Crippen molar-refractivity contribution in [2.45, 2.75) is 23.6 Å². The van der Waals surface area contributed by atoms with E-state index in [0.29, 0.717) is 5.69 Å². The molecule has 0 bridgehead atoms. The Morgan fingerprint density at radius 3 is 2.32 bits per heavy atom. The molecular formula is C23H23FN2O3S2. The van der Waals surface area contributed by atoms with Crippen LogP contribution in [0.25, 0.3) is 0 Å². The summed E-state index contributed by atoms with van der Waals surface area (Å²) in [6.07, 6.45) is 1.89. The quantitative estimate of drug-likeness (QED) is 0.506. The summed E-state index contributed by atoms with van der Waals surface area (Å²) in [6.45, 7) is 3.39. The van der Waals surface area contributed by atoms with Gasteiger partial charge in [0.15, 0.2) is 0 Å². The van der Waals surface area contributed by atoms with E-state index in [1.54, 1.807) is 18.2 Å². The van der Waals surface area contributed by atoms with Gasteiger partial charge in [0.1, 0.15) is 12.4 Å². The summed E-state index contributed by atoms with van der Waals surface area (Å²) in [5.41, 5.74) is 2.72. The van der Waals surface area contributed by atoms with Gasteiger partial charge in [0.25, 0.3) is 10.0 Å². The third-order valence-corrected chi connectivity index (χ3v) is 7.35. The van der Waals surface area contributed by atoms with Crippen LogP contribution in [-0.4, -0.2) is 27.1 Å². The van der Waals surface area contributed by atoms with Gasteiger partial charge in [0.05, 0.1) is 10.6 Å². The molecular weight excluding hydrogens is 435 g/mol. The lowest BCUT2D eigenvalue weighted by Crippen LogP contribution is -2.38. The molecule has 3 aromatic rings. The van der Waals surface area contributed by atoms with Crippen molar-refractivity contribution < 1.29 is 17.6 Å². The van der Waals surface area contributed by atoms with Gasteiger partial charge >= 0.3 is 0 Å². The number of anilines is 2. The van der Waals surface area contributed by atoms with Crippen molar-refractivity contribution in [3.8, 4) is 0 Å². The zero-order chi connectivity index (χ0) is 22.6. The molecule has 0 spiro atoms. The van der Waals surface area contributed by atoms with E-state index in [2.05, 4.69) is 5.32 Å². The highest BCUT2D eigenvalue weighted by Gasteiger charge is 2.27. The van der Waals surface area contributed by atoms with Gasteiger partial charge in [0.2, 0.25) is 5.91 Å². The number of hydrogen-bond acceptors (Lipinski definition) is 4. The summed E-state index contributed by atoms with van der Waals surface area (Å²) in [6, 6.07) is 17.0. The Morgan fingerprint density at radius 2 is 1.71 bits per heavy atom. The molecule has 0 aliphatic heterocycles. The first-order valence-electron chi connectivity index (χ1n) is 9.50. The molecule has 0 atom stereocenters. The van der Waals surface area contributed by atoms with Gasteiger partial charge in [-0.3, -0.25) is 9.10 Å². The predicted molar refractivity (Wildman–Crippen MR) is 124 cm³/mol. The minimum atomic E-state index is -4.10. The molecule has 8 heteroatoms. The van der Waals surface area contributed by atoms with E-state index in [9.17, 15) is 17.6 Å². The molecule has 0 heterocycles. The minimum Gasteiger partial charge on any atom is -0.325 e. The fourth-order valence-corrected chi connectivity index (χ4v) is 4.79. The Balaban J connectivity index is 1.94. The number of carbonyl (C=O) groups is 1. The van der Waals surface area contributed by atoms with Crippen LogP contribution < -0.4 is 9.62 Å². The summed E-state index contributed by atoms with van der Waals surface area (Å²) in [5, 5.41) is 2.72. The van der Waals surface area contributed by atoms with Crippen LogP contribution in [0, 0.1) is 19.7 Å². The number of nitrogens with zero attached hydrogens (tertiary/aromatic N) is 1. The lowest BCUT2D eigenvalue weighted by Gasteiger charge is -2.24. The molecule has 0 saturated heterocycles. The number of thioether (sulfide) groups is 1. The number of nitrogens with one attached hydrogen (secondary N) is 1. The number of aryl methyl sites for hydroxylation is 2. The predicted octanol–water partition coefficient (Wildman–Crippen LogP) is 5.00. The Bertz CT molecular complexity index is 1200. The zero-order valence-electron chi connectivity index (χ0n) is 17.4. The van der Waals surface area contributed by atoms with Crippen LogP contribution in [0.4, 0.5) is 15.8 Å². The Morgan fingerprint density at radius 1 is 1.00 bits per heavy atom. The van der Waals surface area contributed by atoms with Crippen LogP contribution in [0.5, 0.6) is 0 Å². The zero-order valence-corrected chi connectivity index (χ0v) is 19.1. The van der Waals surface area contributed by atoms with Gasteiger partial charge in [-0.15, -0.1) is 11.8 Å². The van der Waals surface area contributed by atoms with Crippen LogP contribution in [0.1, 0.15) is 11.1 Å². The number of hydrogen-bond donors (Lipinski definition) is 1. The smallest absolute Gasteiger partial charge is 0.264 e. The third kappa shape index (κ3) is 5.45. The van der Waals surface area contributed by atoms with Crippen LogP contribution in [0.2, 0.25) is 0 Å². The highest BCUT2D eigenvalue weighted by Crippen LogP contribution is 2.26. The number of amides is 1. The second-order valence-electron chi connectivity index (χ2n) is 7.01. The average molecular weight is 459 g/mol. The lowest BCUT2D eigenvalue weighted by molar-refractivity contribution is -0.114. The maximum atomic E-state index is 13.9. The van der Waals surface area contributed by atoms with E-state index in [1.165, 1.54) is 42.1 Å². The van der Waals surface area contributed by atoms with Crippen molar-refractivity contribution in [1.82, 2.24) is 0 Å². The van der Waals surface area contributed by atoms with E-state index >= 15 is 0 Å². The van der Waals surface area contributed by atoms with Gasteiger partial charge in [0, 0.05) is 10.6 Å². The standard InChI is InChI=1S/C23H23FN2O3S2/c1-16-7-8-19(13-17(16)2)25-23(27)15-26(20-6-4-5-18(24)14-20)31(28,29)22-11-9-21(30-3)10-12-22/h4-14H,15H2,1-3H3,(H,25,27). The van der Waals surface area contributed by atoms with Crippen molar-refractivity contribution in [3.05, 3.63) is 83.7 Å². The van der Waals surface area contributed by atoms with Gasteiger partial charge in [-0.2, -0.15) is 0 Å². The summed E-state index contributed by atoms with van der Waals surface area (Å²) in [4.78, 5) is 13.7. The molecule has 31 heavy (non-hydrogen) atoms. The minimum absolute atomic E-state index is 0.0218. The Hall–Kier alpha value is -2.84. The Labute approximate surface area is 186 Å². The number of rotatable bonds is 7. The maximum absolute atomic E-state index is 13.9. The first-order chi connectivity index (χ1) is 14.7. The average Bonchev–Trinajstić information content (AvgIpc) is 2.74. The highest BCUT2D eigenvalue weighted by atomic mass is 32.2. The van der Waals surface area contributed by atoms with E-state index in [1.807, 2.05) is 32.2 Å². The summed E-state index contributed by atoms with van der Waals surface area (Å²) in [5.74, 6) is -1.12. The topological polar surface area (TPSA) is 66.5 Å². The molecule has 0 aliphatic carbocycles. The first-order valence-corrected chi connectivity index (χ1v) is 12.2. The van der Waals surface area contributed by atoms with Crippen molar-refractivity contribution in [2.75, 3.05) is 22.4 Å². The van der Waals surface area contributed by atoms with Crippen molar-refractivity contribution in [1.29, 1.82) is 0 Å². The third-order valence-electron chi connectivity index (χ3n) is 4.82. The van der Waals surface area contributed by atoms with E-state index in [-0.39, 0.29) is 10.6 Å². The lowest BCUT2D eigenvalue weighted by atomic mass is 10.1. The van der Waals surface area contributed by atoms with Gasteiger partial charge in [-0.25, -0.2) is 12.8 Å². The number of benzene rings is 3. The normalized spacial score (nSPS) is 11.2. The van der Waals surface area contributed by atoms with Crippen LogP contribution in [-0.2, 0) is 14.8 Å². The van der Waals surface area contributed by atoms with E-state index in [4.69, 9.17) is 0 Å². The molecule has 0 radical (unpaired) electrons. The molecule has 0 saturated carbocycles. The highest BCUT2D eigenvalue weighted by molar-refractivity contribution is 7.98. The summed E-state index contributed by atoms with van der Waals surface area (Å²) >= 11 is 1.49. The van der Waals surface area contributed by atoms with Crippen molar-refractivity contribution >= 4 is 39.1 Å². The molecule has 162 valence electrons. The van der Waals surface area contributed by atoms with Crippen LogP contribution >= 0.6 is 11.8 Å². The second kappa shape index (κ2) is 9.53. The number of sulfonamides is 1. The SMILES string of the molecule is CSc1ccc(S(=O)(=O)N(CC(=O)Nc2ccc(C)c(C)c2)c2cccc(F)c2)cc1. The molecule has 3 aromatic carbocycles.